The van der Waals surface area contributed by atoms with Gasteiger partial charge in [-0.3, -0.25) is 14.8 Å². The molecule has 4 rings (SSSR count). The van der Waals surface area contributed by atoms with E-state index in [1.807, 2.05) is 18.2 Å². The van der Waals surface area contributed by atoms with Crippen molar-refractivity contribution in [2.75, 3.05) is 16.4 Å². The number of amides is 1. The maximum absolute atomic E-state index is 12.3. The third-order valence-electron chi connectivity index (χ3n) is 4.38. The number of nitrogens with two attached hydrogens (primary N) is 1. The Kier molecular flexibility index (Phi) is 6.34. The number of nitrogen functional groups attached to an aromatic ring is 1. The highest BCUT2D eigenvalue weighted by Gasteiger charge is 2.13. The van der Waals surface area contributed by atoms with Crippen LogP contribution in [0.4, 0.5) is 22.2 Å². The molecular weight excluding hydrogens is 448 g/mol. The van der Waals surface area contributed by atoms with Crippen LogP contribution in [-0.4, -0.2) is 32.3 Å². The number of nitrogens with zero attached hydrogens (tertiary/aromatic N) is 4. The summed E-state index contributed by atoms with van der Waals surface area (Å²) in [7, 11) is 0. The Hall–Kier alpha value is -3.89. The third kappa shape index (κ3) is 4.88. The van der Waals surface area contributed by atoms with Crippen molar-refractivity contribution in [2.45, 2.75) is 6.42 Å². The van der Waals surface area contributed by atoms with Gasteiger partial charge in [0.2, 0.25) is 11.0 Å². The summed E-state index contributed by atoms with van der Waals surface area (Å²) in [6.07, 6.45) is 5.91. The van der Waals surface area contributed by atoms with Crippen LogP contribution in [0.25, 0.3) is 10.6 Å². The lowest BCUT2D eigenvalue weighted by Gasteiger charge is -2.09. The second-order valence-corrected chi connectivity index (χ2v) is 7.97. The van der Waals surface area contributed by atoms with Crippen LogP contribution < -0.4 is 16.4 Å². The molecule has 0 aliphatic carbocycles. The van der Waals surface area contributed by atoms with Gasteiger partial charge in [-0.25, -0.2) is 0 Å². The molecule has 0 fully saturated rings. The number of carbonyl (C=O) groups is 1. The summed E-state index contributed by atoms with van der Waals surface area (Å²) in [6.45, 7) is 0. The van der Waals surface area contributed by atoms with Gasteiger partial charge in [-0.1, -0.05) is 35.1 Å². The number of anilines is 4. The lowest BCUT2D eigenvalue weighted by Crippen LogP contribution is -2.15. The number of rotatable bonds is 7. The predicted octanol–water partition coefficient (Wildman–Crippen LogP) is 4.15. The van der Waals surface area contributed by atoms with E-state index in [2.05, 4.69) is 30.8 Å². The minimum Gasteiger partial charge on any atom is -0.398 e. The summed E-state index contributed by atoms with van der Waals surface area (Å²) >= 11 is 7.66. The predicted molar refractivity (Wildman–Crippen MR) is 127 cm³/mol. The first-order valence-electron chi connectivity index (χ1n) is 9.37. The van der Waals surface area contributed by atoms with Crippen molar-refractivity contribution in [3.05, 3.63) is 71.3 Å². The van der Waals surface area contributed by atoms with Gasteiger partial charge in [0, 0.05) is 47.3 Å². The average Bonchev–Trinajstić information content (AvgIpc) is 3.26. The fourth-order valence-corrected chi connectivity index (χ4v) is 3.90. The zero-order chi connectivity index (χ0) is 22.5. The summed E-state index contributed by atoms with van der Waals surface area (Å²) in [5, 5.41) is 23.3. The summed E-state index contributed by atoms with van der Waals surface area (Å²) in [5.74, 6) is -0.192. The standard InChI is InChI=1S/C21H17ClN8OS/c22-19-15(10-23)16(24)4-5-17(19)28-21-30-29-20(32-21)12-2-1-3-13(8-12)27-18(31)9-14-11-25-6-7-26-14/h1-8,10-11,23H,9,24H2,(H,27,31)(H,28,30). The molecule has 32 heavy (non-hydrogen) atoms. The Labute approximate surface area is 192 Å². The summed E-state index contributed by atoms with van der Waals surface area (Å²) in [4.78, 5) is 20.4. The molecule has 2 aromatic carbocycles. The Balaban J connectivity index is 1.48. The molecule has 0 atom stereocenters. The van der Waals surface area contributed by atoms with E-state index in [0.717, 1.165) is 11.8 Å². The molecule has 0 saturated carbocycles. The van der Waals surface area contributed by atoms with Gasteiger partial charge >= 0.3 is 0 Å². The van der Waals surface area contributed by atoms with Crippen LogP contribution >= 0.6 is 22.9 Å². The highest BCUT2D eigenvalue weighted by atomic mass is 35.5. The molecule has 5 N–H and O–H groups in total. The van der Waals surface area contributed by atoms with E-state index in [1.165, 1.54) is 11.3 Å². The van der Waals surface area contributed by atoms with Gasteiger partial charge in [-0.05, 0) is 24.3 Å². The molecular formula is C21H17ClN8OS. The van der Waals surface area contributed by atoms with Crippen molar-refractivity contribution in [1.82, 2.24) is 20.2 Å². The van der Waals surface area contributed by atoms with E-state index < -0.39 is 0 Å². The third-order valence-corrected chi connectivity index (χ3v) is 5.67. The second-order valence-electron chi connectivity index (χ2n) is 6.61. The largest absolute Gasteiger partial charge is 0.398 e. The number of hydrogen-bond acceptors (Lipinski definition) is 9. The van der Waals surface area contributed by atoms with E-state index in [1.54, 1.807) is 36.8 Å². The average molecular weight is 465 g/mol. The van der Waals surface area contributed by atoms with Crippen molar-refractivity contribution in [3.63, 3.8) is 0 Å². The first-order valence-corrected chi connectivity index (χ1v) is 10.6. The summed E-state index contributed by atoms with van der Waals surface area (Å²) in [5.41, 5.74) is 9.31. The number of aromatic nitrogens is 4. The summed E-state index contributed by atoms with van der Waals surface area (Å²) < 4.78 is 0. The van der Waals surface area contributed by atoms with Crippen molar-refractivity contribution in [3.8, 4) is 10.6 Å². The second kappa shape index (κ2) is 9.50. The van der Waals surface area contributed by atoms with Gasteiger partial charge in [0.25, 0.3) is 0 Å². The summed E-state index contributed by atoms with van der Waals surface area (Å²) in [6, 6.07) is 10.7. The molecule has 0 aliphatic heterocycles. The van der Waals surface area contributed by atoms with E-state index in [4.69, 9.17) is 22.7 Å². The highest BCUT2D eigenvalue weighted by Crippen LogP contribution is 2.34. The molecule has 2 heterocycles. The number of halogens is 1. The smallest absolute Gasteiger partial charge is 0.230 e. The number of benzene rings is 2. The minimum absolute atomic E-state index is 0.130. The Morgan fingerprint density at radius 3 is 2.88 bits per heavy atom. The molecule has 0 radical (unpaired) electrons. The topological polar surface area (TPSA) is 143 Å². The molecule has 1 amide bonds. The lowest BCUT2D eigenvalue weighted by atomic mass is 10.1. The minimum atomic E-state index is -0.192. The van der Waals surface area contributed by atoms with Crippen LogP contribution in [0.1, 0.15) is 11.3 Å². The van der Waals surface area contributed by atoms with Gasteiger partial charge in [0.05, 0.1) is 22.8 Å². The zero-order valence-electron chi connectivity index (χ0n) is 16.5. The first kappa shape index (κ1) is 21.3. The van der Waals surface area contributed by atoms with E-state index in [0.29, 0.717) is 43.5 Å². The lowest BCUT2D eigenvalue weighted by molar-refractivity contribution is -0.115. The molecule has 4 aromatic rings. The first-order chi connectivity index (χ1) is 15.5. The normalized spacial score (nSPS) is 10.5. The van der Waals surface area contributed by atoms with Gasteiger partial charge in [0.1, 0.15) is 5.01 Å². The molecule has 2 aromatic heterocycles. The van der Waals surface area contributed by atoms with Crippen molar-refractivity contribution in [2.24, 2.45) is 0 Å². The van der Waals surface area contributed by atoms with Crippen LogP contribution in [0.2, 0.25) is 5.02 Å². The molecule has 0 saturated heterocycles. The monoisotopic (exact) mass is 464 g/mol. The Morgan fingerprint density at radius 2 is 2.09 bits per heavy atom. The fourth-order valence-electron chi connectivity index (χ4n) is 2.88. The van der Waals surface area contributed by atoms with Crippen molar-refractivity contribution in [1.29, 1.82) is 5.41 Å². The van der Waals surface area contributed by atoms with Gasteiger partial charge in [0.15, 0.2) is 0 Å². The van der Waals surface area contributed by atoms with E-state index in [-0.39, 0.29) is 12.3 Å². The van der Waals surface area contributed by atoms with Gasteiger partial charge in [-0.2, -0.15) is 0 Å². The number of carbonyl (C=O) groups excluding carboxylic acids is 1. The van der Waals surface area contributed by atoms with E-state index >= 15 is 0 Å². The quantitative estimate of drug-likeness (QED) is 0.237. The molecule has 160 valence electrons. The molecule has 0 bridgehead atoms. The SMILES string of the molecule is N=Cc1c(N)ccc(Nc2nnc(-c3cccc(NC(=O)Cc4cnccn4)c3)s2)c1Cl. The maximum atomic E-state index is 12.3. The van der Waals surface area contributed by atoms with Crippen LogP contribution in [0.5, 0.6) is 0 Å². The Morgan fingerprint density at radius 1 is 1.22 bits per heavy atom. The van der Waals surface area contributed by atoms with E-state index in [9.17, 15) is 4.79 Å². The van der Waals surface area contributed by atoms with Crippen molar-refractivity contribution >= 4 is 57.3 Å². The molecule has 0 unspecified atom stereocenters. The molecule has 9 nitrogen and oxygen atoms in total. The zero-order valence-corrected chi connectivity index (χ0v) is 18.1. The molecule has 11 heteroatoms. The van der Waals surface area contributed by atoms with Crippen LogP contribution in [-0.2, 0) is 11.2 Å². The van der Waals surface area contributed by atoms with Crippen LogP contribution in [0.15, 0.2) is 55.0 Å². The van der Waals surface area contributed by atoms with Crippen LogP contribution in [0.3, 0.4) is 0 Å². The fraction of sp³-hybridized carbons (Fsp3) is 0.0476. The molecule has 0 spiro atoms. The maximum Gasteiger partial charge on any atom is 0.230 e. The van der Waals surface area contributed by atoms with Gasteiger partial charge in [-0.15, -0.1) is 10.2 Å². The highest BCUT2D eigenvalue weighted by molar-refractivity contribution is 7.18. The number of nitrogens with one attached hydrogen (secondary N) is 3. The number of hydrogen-bond donors (Lipinski definition) is 4. The van der Waals surface area contributed by atoms with Gasteiger partial charge < -0.3 is 21.8 Å². The molecule has 0 aliphatic rings. The van der Waals surface area contributed by atoms with Crippen molar-refractivity contribution < 1.29 is 4.79 Å². The Bertz CT molecular complexity index is 1280. The van der Waals surface area contributed by atoms with Crippen LogP contribution in [0, 0.1) is 5.41 Å².